The van der Waals surface area contributed by atoms with Crippen LogP contribution in [0.15, 0.2) is 48.5 Å². The van der Waals surface area contributed by atoms with E-state index in [0.29, 0.717) is 18.4 Å². The summed E-state index contributed by atoms with van der Waals surface area (Å²) in [4.78, 5) is 26.7. The number of nitrogens with one attached hydrogen (secondary N) is 1. The minimum Gasteiger partial charge on any atom is -0.319 e. The van der Waals surface area contributed by atoms with E-state index in [1.54, 1.807) is 12.1 Å². The fourth-order valence-corrected chi connectivity index (χ4v) is 3.31. The Labute approximate surface area is 151 Å². The molecule has 0 radical (unpaired) electrons. The van der Waals surface area contributed by atoms with Crippen molar-refractivity contribution in [1.82, 2.24) is 10.2 Å². The standard InChI is InChI=1S/C20H18FN3O2/c1-2-10-20(16-6-4-3-5-7-16)18(25)24(19(26)23-20)13-15-11-14(12-22)8-9-17(15)21/h3-9,11H,2,10,13H2,1H3,(H,23,26)/t20-/m0/s1. The Morgan fingerprint density at radius 3 is 2.58 bits per heavy atom. The number of halogens is 1. The van der Waals surface area contributed by atoms with E-state index in [2.05, 4.69) is 5.32 Å². The van der Waals surface area contributed by atoms with Crippen LogP contribution in [0, 0.1) is 17.1 Å². The van der Waals surface area contributed by atoms with E-state index in [9.17, 15) is 14.0 Å². The molecule has 6 heteroatoms. The van der Waals surface area contributed by atoms with Crippen molar-refractivity contribution in [3.8, 4) is 6.07 Å². The predicted octanol–water partition coefficient (Wildman–Crippen LogP) is 3.44. The Hall–Kier alpha value is -3.20. The SMILES string of the molecule is CCC[C@@]1(c2ccccc2)NC(=O)N(Cc2cc(C#N)ccc2F)C1=O. The highest BCUT2D eigenvalue weighted by molar-refractivity contribution is 6.07. The number of hydrogen-bond donors (Lipinski definition) is 1. The first-order valence-electron chi connectivity index (χ1n) is 8.40. The molecule has 0 spiro atoms. The van der Waals surface area contributed by atoms with Gasteiger partial charge in [0.05, 0.1) is 18.2 Å². The van der Waals surface area contributed by atoms with Crippen molar-refractivity contribution in [2.24, 2.45) is 0 Å². The highest BCUT2D eigenvalue weighted by Gasteiger charge is 2.51. The van der Waals surface area contributed by atoms with Gasteiger partial charge in [-0.1, -0.05) is 43.7 Å². The van der Waals surface area contributed by atoms with E-state index < -0.39 is 23.3 Å². The van der Waals surface area contributed by atoms with Crippen LogP contribution in [0.4, 0.5) is 9.18 Å². The van der Waals surface area contributed by atoms with Gasteiger partial charge in [-0.25, -0.2) is 9.18 Å². The molecule has 1 atom stereocenters. The molecule has 2 aromatic rings. The van der Waals surface area contributed by atoms with Crippen LogP contribution in [0.2, 0.25) is 0 Å². The Morgan fingerprint density at radius 2 is 1.92 bits per heavy atom. The fourth-order valence-electron chi connectivity index (χ4n) is 3.31. The van der Waals surface area contributed by atoms with Gasteiger partial charge < -0.3 is 5.32 Å². The molecule has 0 aromatic heterocycles. The summed E-state index contributed by atoms with van der Waals surface area (Å²) in [6, 6.07) is 14.3. The third-order valence-corrected chi connectivity index (χ3v) is 4.57. The number of nitriles is 1. The normalized spacial score (nSPS) is 19.3. The van der Waals surface area contributed by atoms with Crippen LogP contribution in [0.25, 0.3) is 0 Å². The van der Waals surface area contributed by atoms with E-state index in [1.165, 1.54) is 18.2 Å². The zero-order chi connectivity index (χ0) is 18.7. The van der Waals surface area contributed by atoms with Crippen molar-refractivity contribution in [3.63, 3.8) is 0 Å². The van der Waals surface area contributed by atoms with Gasteiger partial charge in [0.2, 0.25) is 0 Å². The second-order valence-corrected chi connectivity index (χ2v) is 6.26. The van der Waals surface area contributed by atoms with E-state index in [4.69, 9.17) is 5.26 Å². The van der Waals surface area contributed by atoms with Gasteiger partial charge in [0, 0.05) is 5.56 Å². The minimum absolute atomic E-state index is 0.132. The molecule has 3 amide bonds. The molecule has 5 nitrogen and oxygen atoms in total. The van der Waals surface area contributed by atoms with Crippen LogP contribution >= 0.6 is 0 Å². The predicted molar refractivity (Wildman–Crippen MR) is 93.2 cm³/mol. The average molecular weight is 351 g/mol. The maximum Gasteiger partial charge on any atom is 0.325 e. The van der Waals surface area contributed by atoms with Crippen molar-refractivity contribution >= 4 is 11.9 Å². The monoisotopic (exact) mass is 351 g/mol. The lowest BCUT2D eigenvalue weighted by Gasteiger charge is -2.27. The van der Waals surface area contributed by atoms with Gasteiger partial charge in [0.25, 0.3) is 5.91 Å². The molecule has 26 heavy (non-hydrogen) atoms. The molecule has 132 valence electrons. The summed E-state index contributed by atoms with van der Waals surface area (Å²) in [6.45, 7) is 1.72. The van der Waals surface area contributed by atoms with E-state index in [0.717, 1.165) is 4.90 Å². The molecule has 1 fully saturated rings. The molecule has 1 heterocycles. The lowest BCUT2D eigenvalue weighted by Crippen LogP contribution is -2.43. The molecule has 1 N–H and O–H groups in total. The molecular weight excluding hydrogens is 333 g/mol. The summed E-state index contributed by atoms with van der Waals surface area (Å²) in [5.74, 6) is -0.963. The first-order valence-corrected chi connectivity index (χ1v) is 8.40. The van der Waals surface area contributed by atoms with Gasteiger partial charge in [-0.15, -0.1) is 0 Å². The number of imide groups is 1. The number of urea groups is 1. The molecule has 1 saturated heterocycles. The summed E-state index contributed by atoms with van der Waals surface area (Å²) >= 11 is 0. The average Bonchev–Trinajstić information content (AvgIpc) is 2.89. The topological polar surface area (TPSA) is 73.2 Å². The Kier molecular flexibility index (Phi) is 4.72. The smallest absolute Gasteiger partial charge is 0.319 e. The highest BCUT2D eigenvalue weighted by Crippen LogP contribution is 2.34. The van der Waals surface area contributed by atoms with Crippen molar-refractivity contribution < 1.29 is 14.0 Å². The lowest BCUT2D eigenvalue weighted by molar-refractivity contribution is -0.132. The molecule has 0 aliphatic carbocycles. The molecule has 1 aliphatic rings. The van der Waals surface area contributed by atoms with Crippen molar-refractivity contribution in [3.05, 3.63) is 71.0 Å². The Morgan fingerprint density at radius 1 is 1.19 bits per heavy atom. The molecule has 0 bridgehead atoms. The second-order valence-electron chi connectivity index (χ2n) is 6.26. The molecular formula is C20H18FN3O2. The van der Waals surface area contributed by atoms with E-state index in [-0.39, 0.29) is 17.7 Å². The summed E-state index contributed by atoms with van der Waals surface area (Å²) in [5, 5.41) is 11.8. The number of carbonyl (C=O) groups is 2. The molecule has 1 aliphatic heterocycles. The highest BCUT2D eigenvalue weighted by atomic mass is 19.1. The molecule has 2 aromatic carbocycles. The van der Waals surface area contributed by atoms with Crippen LogP contribution < -0.4 is 5.32 Å². The third kappa shape index (κ3) is 2.93. The maximum absolute atomic E-state index is 14.1. The van der Waals surface area contributed by atoms with E-state index in [1.807, 2.05) is 31.2 Å². The van der Waals surface area contributed by atoms with Gasteiger partial charge in [-0.05, 0) is 30.2 Å². The van der Waals surface area contributed by atoms with Crippen LogP contribution in [-0.4, -0.2) is 16.8 Å². The van der Waals surface area contributed by atoms with Gasteiger partial charge in [0.15, 0.2) is 0 Å². The number of nitrogens with zero attached hydrogens (tertiary/aromatic N) is 2. The lowest BCUT2D eigenvalue weighted by atomic mass is 9.85. The largest absolute Gasteiger partial charge is 0.325 e. The third-order valence-electron chi connectivity index (χ3n) is 4.57. The van der Waals surface area contributed by atoms with Crippen molar-refractivity contribution in [1.29, 1.82) is 5.26 Å². The minimum atomic E-state index is -1.14. The van der Waals surface area contributed by atoms with Gasteiger partial charge in [-0.3, -0.25) is 9.69 Å². The van der Waals surface area contributed by atoms with Gasteiger partial charge >= 0.3 is 6.03 Å². The number of benzene rings is 2. The molecule has 0 unspecified atom stereocenters. The van der Waals surface area contributed by atoms with Crippen LogP contribution in [-0.2, 0) is 16.9 Å². The van der Waals surface area contributed by atoms with Gasteiger partial charge in [0.1, 0.15) is 11.4 Å². The zero-order valence-electron chi connectivity index (χ0n) is 14.3. The fraction of sp³-hybridized carbons (Fsp3) is 0.250. The number of rotatable bonds is 5. The number of carbonyl (C=O) groups excluding carboxylic acids is 2. The van der Waals surface area contributed by atoms with Crippen LogP contribution in [0.5, 0.6) is 0 Å². The molecule has 3 rings (SSSR count). The Bertz CT molecular complexity index is 892. The first-order chi connectivity index (χ1) is 12.5. The quantitative estimate of drug-likeness (QED) is 0.839. The summed E-state index contributed by atoms with van der Waals surface area (Å²) in [7, 11) is 0. The van der Waals surface area contributed by atoms with Crippen LogP contribution in [0.1, 0.15) is 36.5 Å². The van der Waals surface area contributed by atoms with Crippen molar-refractivity contribution in [2.45, 2.75) is 31.8 Å². The summed E-state index contributed by atoms with van der Waals surface area (Å²) in [5.41, 5.74) is -0.0330. The van der Waals surface area contributed by atoms with Gasteiger partial charge in [-0.2, -0.15) is 5.26 Å². The van der Waals surface area contributed by atoms with E-state index >= 15 is 0 Å². The summed E-state index contributed by atoms with van der Waals surface area (Å²) < 4.78 is 14.1. The maximum atomic E-state index is 14.1. The molecule has 0 saturated carbocycles. The zero-order valence-corrected chi connectivity index (χ0v) is 14.3. The Balaban J connectivity index is 1.97. The first kappa shape index (κ1) is 17.6. The number of amides is 3. The van der Waals surface area contributed by atoms with Crippen LogP contribution in [0.3, 0.4) is 0 Å². The second kappa shape index (κ2) is 6.96. The summed E-state index contributed by atoms with van der Waals surface area (Å²) in [6.07, 6.45) is 1.13. The van der Waals surface area contributed by atoms with Crippen molar-refractivity contribution in [2.75, 3.05) is 0 Å². The number of hydrogen-bond acceptors (Lipinski definition) is 3.